The number of esters is 1. The van der Waals surface area contributed by atoms with Crippen LogP contribution in [-0.2, 0) is 20.9 Å². The van der Waals surface area contributed by atoms with Crippen LogP contribution in [0.4, 0.5) is 0 Å². The molecule has 1 amide bonds. The van der Waals surface area contributed by atoms with E-state index in [1.807, 2.05) is 0 Å². The van der Waals surface area contributed by atoms with E-state index in [2.05, 4.69) is 0 Å². The van der Waals surface area contributed by atoms with Crippen LogP contribution in [0.5, 0.6) is 0 Å². The molecule has 8 nitrogen and oxygen atoms in total. The van der Waals surface area contributed by atoms with E-state index in [0.717, 1.165) is 4.57 Å². The lowest BCUT2D eigenvalue weighted by molar-refractivity contribution is -0.151. The first-order valence-electron chi connectivity index (χ1n) is 10.2. The molecular weight excluding hydrogens is 418 g/mol. The number of carbonyl (C=O) groups is 2. The predicted octanol–water partition coefficient (Wildman–Crippen LogP) is 2.02. The number of rotatable bonds is 5. The van der Waals surface area contributed by atoms with E-state index in [1.165, 1.54) is 15.9 Å². The summed E-state index contributed by atoms with van der Waals surface area (Å²) in [5.41, 5.74) is -0.0616. The van der Waals surface area contributed by atoms with Crippen molar-refractivity contribution >= 4 is 33.4 Å². The highest BCUT2D eigenvalue weighted by Crippen LogP contribution is 2.20. The third-order valence-corrected chi connectivity index (χ3v) is 6.35. The van der Waals surface area contributed by atoms with Crippen LogP contribution < -0.4 is 11.2 Å². The summed E-state index contributed by atoms with van der Waals surface area (Å²) in [5, 5.41) is 1.74. The van der Waals surface area contributed by atoms with E-state index in [-0.39, 0.29) is 30.9 Å². The number of para-hydroxylation sites is 1. The third kappa shape index (κ3) is 4.05. The van der Waals surface area contributed by atoms with Gasteiger partial charge < -0.3 is 9.64 Å². The molecule has 0 saturated carbocycles. The molecule has 1 aliphatic heterocycles. The van der Waals surface area contributed by atoms with Crippen LogP contribution in [0.1, 0.15) is 19.8 Å². The zero-order chi connectivity index (χ0) is 22.0. The number of likely N-dealkylation sites (tertiary alicyclic amines) is 1. The molecule has 0 aliphatic carbocycles. The lowest BCUT2D eigenvalue weighted by atomic mass is 9.98. The van der Waals surface area contributed by atoms with Crippen LogP contribution in [0, 0.1) is 5.92 Å². The average Bonchev–Trinajstić information content (AvgIpc) is 3.28. The number of amides is 1. The normalized spacial score (nSPS) is 16.4. The van der Waals surface area contributed by atoms with Crippen LogP contribution >= 0.6 is 11.3 Å². The summed E-state index contributed by atoms with van der Waals surface area (Å²) in [6, 6.07) is 10.3. The Morgan fingerprint density at radius 2 is 1.94 bits per heavy atom. The number of benzene rings is 1. The smallest absolute Gasteiger partial charge is 0.336 e. The van der Waals surface area contributed by atoms with Gasteiger partial charge in [0.15, 0.2) is 0 Å². The van der Waals surface area contributed by atoms with Crippen molar-refractivity contribution in [2.45, 2.75) is 26.3 Å². The summed E-state index contributed by atoms with van der Waals surface area (Å²) < 4.78 is 7.96. The zero-order valence-corrected chi connectivity index (χ0v) is 18.0. The number of nitrogens with zero attached hydrogens (tertiary/aromatic N) is 3. The molecule has 1 atom stereocenters. The molecule has 9 heteroatoms. The summed E-state index contributed by atoms with van der Waals surface area (Å²) in [4.78, 5) is 53.0. The Kier molecular flexibility index (Phi) is 6.03. The zero-order valence-electron chi connectivity index (χ0n) is 17.2. The minimum absolute atomic E-state index is 0.200. The number of hydrogen-bond acceptors (Lipinski definition) is 6. The van der Waals surface area contributed by atoms with E-state index in [9.17, 15) is 19.2 Å². The molecule has 31 heavy (non-hydrogen) atoms. The van der Waals surface area contributed by atoms with Gasteiger partial charge in [-0.25, -0.2) is 9.36 Å². The Balaban J connectivity index is 1.68. The van der Waals surface area contributed by atoms with E-state index in [0.29, 0.717) is 41.9 Å². The monoisotopic (exact) mass is 441 g/mol. The van der Waals surface area contributed by atoms with E-state index < -0.39 is 11.2 Å². The van der Waals surface area contributed by atoms with Crippen molar-refractivity contribution in [2.24, 2.45) is 5.92 Å². The standard InChI is InChI=1S/C22H23N3O5S/c1-2-30-21(28)15-7-6-11-23(13-15)18(26)14-24-17-10-12-31-19(17)20(27)25(22(24)29)16-8-4-3-5-9-16/h3-5,8-10,12,15H,2,6-7,11,13-14H2,1H3/t15-/m1/s1. The molecule has 1 aromatic carbocycles. The molecule has 0 unspecified atom stereocenters. The molecule has 3 aromatic rings. The van der Waals surface area contributed by atoms with Gasteiger partial charge in [-0.15, -0.1) is 11.3 Å². The van der Waals surface area contributed by atoms with E-state index >= 15 is 0 Å². The van der Waals surface area contributed by atoms with Crippen LogP contribution in [0.2, 0.25) is 0 Å². The molecule has 0 radical (unpaired) electrons. The number of hydrogen-bond donors (Lipinski definition) is 0. The maximum atomic E-state index is 13.3. The maximum absolute atomic E-state index is 13.3. The van der Waals surface area contributed by atoms with Crippen molar-refractivity contribution in [3.05, 3.63) is 62.6 Å². The Morgan fingerprint density at radius 1 is 1.16 bits per heavy atom. The fourth-order valence-corrected chi connectivity index (χ4v) is 4.76. The first-order chi connectivity index (χ1) is 15.0. The summed E-state index contributed by atoms with van der Waals surface area (Å²) in [7, 11) is 0. The fourth-order valence-electron chi connectivity index (χ4n) is 3.94. The van der Waals surface area contributed by atoms with Gasteiger partial charge in [0.1, 0.15) is 11.2 Å². The minimum atomic E-state index is -0.561. The Bertz CT molecular complexity index is 1230. The number of thiophene rings is 1. The average molecular weight is 442 g/mol. The topological polar surface area (TPSA) is 90.6 Å². The summed E-state index contributed by atoms with van der Waals surface area (Å²) in [6.07, 6.45) is 1.37. The Labute approximate surface area is 182 Å². The molecular formula is C22H23N3O5S. The van der Waals surface area contributed by atoms with Gasteiger partial charge in [0.05, 0.1) is 23.7 Å². The predicted molar refractivity (Wildman–Crippen MR) is 118 cm³/mol. The van der Waals surface area contributed by atoms with Crippen molar-refractivity contribution in [3.63, 3.8) is 0 Å². The molecule has 1 aliphatic rings. The largest absolute Gasteiger partial charge is 0.466 e. The molecule has 2 aromatic heterocycles. The van der Waals surface area contributed by atoms with Crippen molar-refractivity contribution in [1.82, 2.24) is 14.0 Å². The van der Waals surface area contributed by atoms with Crippen molar-refractivity contribution in [3.8, 4) is 5.69 Å². The summed E-state index contributed by atoms with van der Waals surface area (Å²) in [5.74, 6) is -0.911. The van der Waals surface area contributed by atoms with Gasteiger partial charge in [-0.05, 0) is 43.3 Å². The fraction of sp³-hybridized carbons (Fsp3) is 0.364. The number of aromatic nitrogens is 2. The van der Waals surface area contributed by atoms with E-state index in [1.54, 1.807) is 53.6 Å². The first kappa shape index (κ1) is 21.0. The summed E-state index contributed by atoms with van der Waals surface area (Å²) >= 11 is 1.24. The van der Waals surface area contributed by atoms with Gasteiger partial charge in [0.2, 0.25) is 5.91 Å². The molecule has 0 spiro atoms. The molecule has 162 valence electrons. The first-order valence-corrected chi connectivity index (χ1v) is 11.1. The van der Waals surface area contributed by atoms with Crippen LogP contribution in [0.3, 0.4) is 0 Å². The van der Waals surface area contributed by atoms with E-state index in [4.69, 9.17) is 4.74 Å². The summed E-state index contributed by atoms with van der Waals surface area (Å²) in [6.45, 7) is 2.65. The van der Waals surface area contributed by atoms with Crippen molar-refractivity contribution in [1.29, 1.82) is 0 Å². The third-order valence-electron chi connectivity index (χ3n) is 5.46. The van der Waals surface area contributed by atoms with Gasteiger partial charge in [-0.3, -0.25) is 19.0 Å². The molecule has 4 rings (SSSR count). The van der Waals surface area contributed by atoms with Crippen molar-refractivity contribution < 1.29 is 14.3 Å². The van der Waals surface area contributed by atoms with Crippen LogP contribution in [0.15, 0.2) is 51.4 Å². The Hall–Kier alpha value is -3.20. The van der Waals surface area contributed by atoms with Crippen LogP contribution in [0.25, 0.3) is 15.9 Å². The highest BCUT2D eigenvalue weighted by molar-refractivity contribution is 7.17. The maximum Gasteiger partial charge on any atom is 0.336 e. The quantitative estimate of drug-likeness (QED) is 0.565. The second-order valence-corrected chi connectivity index (χ2v) is 8.33. The number of carbonyl (C=O) groups excluding carboxylic acids is 2. The van der Waals surface area contributed by atoms with Gasteiger partial charge in [-0.2, -0.15) is 0 Å². The highest BCUT2D eigenvalue weighted by Gasteiger charge is 2.30. The second kappa shape index (κ2) is 8.89. The molecule has 0 bridgehead atoms. The highest BCUT2D eigenvalue weighted by atomic mass is 32.1. The van der Waals surface area contributed by atoms with Gasteiger partial charge in [-0.1, -0.05) is 18.2 Å². The van der Waals surface area contributed by atoms with Crippen molar-refractivity contribution in [2.75, 3.05) is 19.7 Å². The number of fused-ring (bicyclic) bond motifs is 1. The van der Waals surface area contributed by atoms with Crippen LogP contribution in [-0.4, -0.2) is 45.6 Å². The Morgan fingerprint density at radius 3 is 2.68 bits per heavy atom. The SMILES string of the molecule is CCOC(=O)[C@@H]1CCCN(C(=O)Cn2c(=O)n(-c3ccccc3)c(=O)c3sccc32)C1. The lowest BCUT2D eigenvalue weighted by Gasteiger charge is -2.31. The molecule has 1 fully saturated rings. The number of ether oxygens (including phenoxy) is 1. The van der Waals surface area contributed by atoms with Gasteiger partial charge >= 0.3 is 11.7 Å². The molecule has 1 saturated heterocycles. The van der Waals surface area contributed by atoms with Gasteiger partial charge in [0, 0.05) is 13.1 Å². The molecule has 0 N–H and O–H groups in total. The lowest BCUT2D eigenvalue weighted by Crippen LogP contribution is -2.46. The minimum Gasteiger partial charge on any atom is -0.466 e. The molecule has 3 heterocycles. The second-order valence-electron chi connectivity index (χ2n) is 7.41. The van der Waals surface area contributed by atoms with Gasteiger partial charge in [0.25, 0.3) is 5.56 Å². The number of piperidine rings is 1.